The van der Waals surface area contributed by atoms with Gasteiger partial charge in [-0.3, -0.25) is 9.59 Å². The third-order valence-electron chi connectivity index (χ3n) is 8.24. The molecular formula is C43H36N4O8. The second kappa shape index (κ2) is 17.3. The predicted octanol–water partition coefficient (Wildman–Crippen LogP) is 7.61. The second-order valence-electron chi connectivity index (χ2n) is 11.6. The number of nitrogens with zero attached hydrogens (tertiary/aromatic N) is 4. The number of rotatable bonds is 7. The second-order valence-corrected chi connectivity index (χ2v) is 11.6. The van der Waals surface area contributed by atoms with Gasteiger partial charge in [0.2, 0.25) is 11.4 Å². The summed E-state index contributed by atoms with van der Waals surface area (Å²) in [6.45, 7) is 5.96. The number of hydrogen-bond acceptors (Lipinski definition) is 8. The molecule has 4 N–H and O–H groups in total. The van der Waals surface area contributed by atoms with E-state index in [2.05, 4.69) is 10.2 Å². The molecule has 12 nitrogen and oxygen atoms in total. The van der Waals surface area contributed by atoms with Crippen molar-refractivity contribution in [2.24, 2.45) is 0 Å². The maximum atomic E-state index is 11.9. The maximum absolute atomic E-state index is 11.9. The summed E-state index contributed by atoms with van der Waals surface area (Å²) in [5.74, 6) is -4.33. The van der Waals surface area contributed by atoms with Crippen LogP contribution in [0.15, 0.2) is 149 Å². The summed E-state index contributed by atoms with van der Waals surface area (Å²) in [5.41, 5.74) is 4.10. The summed E-state index contributed by atoms with van der Waals surface area (Å²) < 4.78 is 2.43. The van der Waals surface area contributed by atoms with E-state index in [9.17, 15) is 34.5 Å². The first-order valence-electron chi connectivity index (χ1n) is 17.1. The van der Waals surface area contributed by atoms with Crippen LogP contribution in [0, 0.1) is 6.92 Å². The zero-order valence-corrected chi connectivity index (χ0v) is 30.0. The third-order valence-corrected chi connectivity index (χ3v) is 8.24. The van der Waals surface area contributed by atoms with Gasteiger partial charge in [0.25, 0.3) is 10.9 Å². The van der Waals surface area contributed by atoms with E-state index in [1.54, 1.807) is 24.3 Å². The molecule has 7 aromatic rings. The van der Waals surface area contributed by atoms with Crippen LogP contribution in [0.1, 0.15) is 40.4 Å². The summed E-state index contributed by atoms with van der Waals surface area (Å²) in [6.07, 6.45) is 2.24. The largest absolute Gasteiger partial charge is 0.503 e. The van der Waals surface area contributed by atoms with Crippen LogP contribution in [0.3, 0.4) is 0 Å². The van der Waals surface area contributed by atoms with Gasteiger partial charge < -0.3 is 20.4 Å². The lowest BCUT2D eigenvalue weighted by Gasteiger charge is -2.15. The van der Waals surface area contributed by atoms with Gasteiger partial charge in [0.15, 0.2) is 11.5 Å². The Morgan fingerprint density at radius 3 is 1.31 bits per heavy atom. The van der Waals surface area contributed by atoms with Crippen LogP contribution in [0.4, 0.5) is 0 Å². The van der Waals surface area contributed by atoms with Gasteiger partial charge in [-0.25, -0.2) is 19.0 Å². The Labute approximate surface area is 315 Å². The number of carboxylic acid groups (broad SMARTS) is 2. The molecule has 5 aromatic carbocycles. The molecule has 0 aliphatic rings. The van der Waals surface area contributed by atoms with Gasteiger partial charge in [0, 0.05) is 11.1 Å². The molecule has 0 radical (unpaired) electrons. The van der Waals surface area contributed by atoms with Crippen LogP contribution >= 0.6 is 0 Å². The van der Waals surface area contributed by atoms with Crippen molar-refractivity contribution in [2.45, 2.75) is 20.8 Å². The van der Waals surface area contributed by atoms with Crippen molar-refractivity contribution in [3.63, 3.8) is 0 Å². The number of carbonyl (C=O) groups is 2. The van der Waals surface area contributed by atoms with Crippen molar-refractivity contribution in [1.82, 2.24) is 19.6 Å². The van der Waals surface area contributed by atoms with Gasteiger partial charge in [-0.2, -0.15) is 10.2 Å². The number of aromatic nitrogens is 4. The summed E-state index contributed by atoms with van der Waals surface area (Å²) >= 11 is 0. The van der Waals surface area contributed by atoms with Gasteiger partial charge in [-0.1, -0.05) is 129 Å². The lowest BCUT2D eigenvalue weighted by molar-refractivity contribution is 0.0675. The molecule has 0 bridgehead atoms. The van der Waals surface area contributed by atoms with Gasteiger partial charge >= 0.3 is 11.9 Å². The molecule has 0 atom stereocenters. The Bertz CT molecular complexity index is 2620. The van der Waals surface area contributed by atoms with Crippen molar-refractivity contribution < 1.29 is 30.0 Å². The fourth-order valence-corrected chi connectivity index (χ4v) is 5.75. The van der Waals surface area contributed by atoms with Crippen molar-refractivity contribution in [2.75, 3.05) is 0 Å². The number of aryl methyl sites for hydroxylation is 1. The standard InChI is InChI=1S/C23H16N2O4.C18H14N2O4.C2H6/c26-20-14-25(24-21(22(20)27)23(28)29)19-13-7-6-12-18(19)17-11-5-4-10-16(17)15-8-2-1-3-9-15;1-11-6-2-3-7-12(11)13-8-4-5-9-14(13)20-10-15(21)17(22)16(19-20)18(23)24;1-2/h1-14,26H,(H,28,29);2-10,21H,1H3,(H,23,24);1-2H3. The first kappa shape index (κ1) is 38.6. The average molecular weight is 737 g/mol. The van der Waals surface area contributed by atoms with Crippen LogP contribution in [-0.4, -0.2) is 51.9 Å². The molecule has 55 heavy (non-hydrogen) atoms. The van der Waals surface area contributed by atoms with Crippen LogP contribution in [0.5, 0.6) is 11.5 Å². The molecule has 276 valence electrons. The number of carboxylic acids is 2. The van der Waals surface area contributed by atoms with Crippen molar-refractivity contribution in [3.8, 4) is 56.3 Å². The number of aromatic hydroxyl groups is 2. The quantitative estimate of drug-likeness (QED) is 0.127. The van der Waals surface area contributed by atoms with E-state index >= 15 is 0 Å². The Balaban J connectivity index is 0.000000205. The van der Waals surface area contributed by atoms with Crippen LogP contribution in [0.2, 0.25) is 0 Å². The third kappa shape index (κ3) is 8.39. The van der Waals surface area contributed by atoms with E-state index in [1.807, 2.05) is 124 Å². The summed E-state index contributed by atoms with van der Waals surface area (Å²) in [5, 5.41) is 45.9. The average Bonchev–Trinajstić information content (AvgIpc) is 3.21. The molecule has 2 heterocycles. The minimum Gasteiger partial charge on any atom is -0.503 e. The van der Waals surface area contributed by atoms with Gasteiger partial charge in [-0.05, 0) is 46.9 Å². The lowest BCUT2D eigenvalue weighted by Crippen LogP contribution is -2.21. The predicted molar refractivity (Wildman–Crippen MR) is 209 cm³/mol. The number of aromatic carboxylic acids is 2. The van der Waals surface area contributed by atoms with E-state index in [1.165, 1.54) is 9.36 Å². The zero-order valence-electron chi connectivity index (χ0n) is 30.0. The Morgan fingerprint density at radius 1 is 0.491 bits per heavy atom. The van der Waals surface area contributed by atoms with Gasteiger partial charge in [0.1, 0.15) is 0 Å². The van der Waals surface area contributed by atoms with Gasteiger partial charge in [0.05, 0.1) is 23.8 Å². The van der Waals surface area contributed by atoms with E-state index in [0.29, 0.717) is 11.4 Å². The molecule has 0 fully saturated rings. The fourth-order valence-electron chi connectivity index (χ4n) is 5.75. The van der Waals surface area contributed by atoms with E-state index in [4.69, 9.17) is 5.11 Å². The lowest BCUT2D eigenvalue weighted by atomic mass is 9.93. The molecule has 0 amide bonds. The smallest absolute Gasteiger partial charge is 0.360 e. The Hall–Kier alpha value is -7.60. The van der Waals surface area contributed by atoms with Gasteiger partial charge in [-0.15, -0.1) is 0 Å². The minimum absolute atomic E-state index is 0.536. The molecule has 0 aliphatic carbocycles. The summed E-state index contributed by atoms with van der Waals surface area (Å²) in [6, 6.07) is 39.9. The van der Waals surface area contributed by atoms with E-state index in [0.717, 1.165) is 51.3 Å². The normalized spacial score (nSPS) is 10.3. The number of para-hydroxylation sites is 2. The molecule has 2 aromatic heterocycles. The van der Waals surface area contributed by atoms with Crippen molar-refractivity contribution in [1.29, 1.82) is 0 Å². The highest BCUT2D eigenvalue weighted by atomic mass is 16.4. The number of hydrogen-bond donors (Lipinski definition) is 4. The SMILES string of the molecule is CC.Cc1ccccc1-c1ccccc1-n1cc(O)c(=O)c(C(=O)O)n1.O=C(O)c1nn(-c2ccccc2-c2ccccc2-c2ccccc2)cc(O)c1=O. The van der Waals surface area contributed by atoms with E-state index in [-0.39, 0.29) is 0 Å². The van der Waals surface area contributed by atoms with Crippen molar-refractivity contribution in [3.05, 3.63) is 177 Å². The molecule has 7 rings (SSSR count). The monoisotopic (exact) mass is 736 g/mol. The Kier molecular flexibility index (Phi) is 12.1. The highest BCUT2D eigenvalue weighted by Crippen LogP contribution is 2.35. The molecular weight excluding hydrogens is 700 g/mol. The van der Waals surface area contributed by atoms with Crippen LogP contribution in [-0.2, 0) is 0 Å². The fraction of sp³-hybridized carbons (Fsp3) is 0.0698. The first-order valence-corrected chi connectivity index (χ1v) is 17.1. The highest BCUT2D eigenvalue weighted by molar-refractivity contribution is 5.88. The molecule has 0 saturated heterocycles. The number of benzene rings is 5. The Morgan fingerprint density at radius 2 is 0.855 bits per heavy atom. The molecule has 0 saturated carbocycles. The van der Waals surface area contributed by atoms with E-state index < -0.39 is 45.7 Å². The van der Waals surface area contributed by atoms with Crippen molar-refractivity contribution >= 4 is 11.9 Å². The molecule has 0 spiro atoms. The first-order chi connectivity index (χ1) is 26.5. The zero-order chi connectivity index (χ0) is 39.6. The summed E-state index contributed by atoms with van der Waals surface area (Å²) in [7, 11) is 0. The maximum Gasteiger partial charge on any atom is 0.360 e. The van der Waals surface area contributed by atoms with Crippen LogP contribution < -0.4 is 10.9 Å². The topological polar surface area (TPSA) is 185 Å². The molecule has 12 heteroatoms. The molecule has 0 aliphatic heterocycles. The highest BCUT2D eigenvalue weighted by Gasteiger charge is 2.20. The molecule has 0 unspecified atom stereocenters. The minimum atomic E-state index is -1.50. The van der Waals surface area contributed by atoms with Crippen LogP contribution in [0.25, 0.3) is 44.8 Å². The summed E-state index contributed by atoms with van der Waals surface area (Å²) in [4.78, 5) is 46.1.